The SMILES string of the molecule is CC(C(=O)O)c1ccc2c(c1)ncn2C(C)C. The van der Waals surface area contributed by atoms with E-state index in [1.807, 2.05) is 18.2 Å². The Bertz CT molecular complexity index is 558. The molecule has 0 aliphatic rings. The molecule has 2 aromatic rings. The van der Waals surface area contributed by atoms with Gasteiger partial charge in [-0.05, 0) is 38.5 Å². The second-order valence-corrected chi connectivity index (χ2v) is 4.55. The number of carboxylic acids is 1. The highest BCUT2D eigenvalue weighted by atomic mass is 16.4. The quantitative estimate of drug-likeness (QED) is 0.885. The third-order valence-corrected chi connectivity index (χ3v) is 3.03. The van der Waals surface area contributed by atoms with Crippen molar-refractivity contribution in [3.8, 4) is 0 Å². The summed E-state index contributed by atoms with van der Waals surface area (Å²) in [4.78, 5) is 15.2. The third kappa shape index (κ3) is 2.02. The maximum Gasteiger partial charge on any atom is 0.310 e. The number of nitrogens with zero attached hydrogens (tertiary/aromatic N) is 2. The second kappa shape index (κ2) is 4.20. The first kappa shape index (κ1) is 11.6. The van der Waals surface area contributed by atoms with Crippen LogP contribution in [-0.2, 0) is 4.79 Å². The summed E-state index contributed by atoms with van der Waals surface area (Å²) < 4.78 is 2.07. The standard InChI is InChI=1S/C13H16N2O2/c1-8(2)15-7-14-11-6-10(4-5-12(11)15)9(3)13(16)17/h4-9H,1-3H3,(H,16,17). The van der Waals surface area contributed by atoms with Crippen LogP contribution < -0.4 is 0 Å². The number of benzene rings is 1. The van der Waals surface area contributed by atoms with E-state index in [0.717, 1.165) is 16.6 Å². The molecule has 0 saturated carbocycles. The van der Waals surface area contributed by atoms with Crippen molar-refractivity contribution in [1.29, 1.82) is 0 Å². The molecule has 1 unspecified atom stereocenters. The van der Waals surface area contributed by atoms with Crippen molar-refractivity contribution >= 4 is 17.0 Å². The highest BCUT2D eigenvalue weighted by molar-refractivity contribution is 5.80. The monoisotopic (exact) mass is 232 g/mol. The first-order valence-corrected chi connectivity index (χ1v) is 5.70. The molecule has 1 aromatic heterocycles. The van der Waals surface area contributed by atoms with Crippen LogP contribution in [0.2, 0.25) is 0 Å². The van der Waals surface area contributed by atoms with Gasteiger partial charge in [-0.3, -0.25) is 4.79 Å². The lowest BCUT2D eigenvalue weighted by Gasteiger charge is -2.09. The molecular weight excluding hydrogens is 216 g/mol. The van der Waals surface area contributed by atoms with Crippen LogP contribution in [0.25, 0.3) is 11.0 Å². The van der Waals surface area contributed by atoms with Crippen molar-refractivity contribution in [1.82, 2.24) is 9.55 Å². The van der Waals surface area contributed by atoms with Crippen molar-refractivity contribution in [2.75, 3.05) is 0 Å². The first-order valence-electron chi connectivity index (χ1n) is 5.70. The van der Waals surface area contributed by atoms with Crippen LogP contribution in [0.1, 0.15) is 38.3 Å². The molecule has 0 aliphatic heterocycles. The summed E-state index contributed by atoms with van der Waals surface area (Å²) in [5.74, 6) is -1.31. The summed E-state index contributed by atoms with van der Waals surface area (Å²) >= 11 is 0. The van der Waals surface area contributed by atoms with Gasteiger partial charge < -0.3 is 9.67 Å². The van der Waals surface area contributed by atoms with Gasteiger partial charge in [-0.2, -0.15) is 0 Å². The molecule has 90 valence electrons. The molecule has 1 aromatic carbocycles. The molecule has 0 aliphatic carbocycles. The number of imidazole rings is 1. The van der Waals surface area contributed by atoms with E-state index in [4.69, 9.17) is 5.11 Å². The van der Waals surface area contributed by atoms with E-state index < -0.39 is 11.9 Å². The van der Waals surface area contributed by atoms with Gasteiger partial charge in [-0.25, -0.2) is 4.98 Å². The number of fused-ring (bicyclic) bond motifs is 1. The Labute approximate surface area is 99.9 Å². The number of hydrogen-bond donors (Lipinski definition) is 1. The lowest BCUT2D eigenvalue weighted by molar-refractivity contribution is -0.138. The van der Waals surface area contributed by atoms with Crippen LogP contribution in [0.15, 0.2) is 24.5 Å². The topological polar surface area (TPSA) is 55.1 Å². The van der Waals surface area contributed by atoms with Crippen LogP contribution in [0.3, 0.4) is 0 Å². The first-order chi connectivity index (χ1) is 8.00. The minimum atomic E-state index is -0.812. The van der Waals surface area contributed by atoms with Crippen LogP contribution >= 0.6 is 0 Å². The fourth-order valence-electron chi connectivity index (χ4n) is 1.87. The van der Waals surface area contributed by atoms with E-state index in [2.05, 4.69) is 23.4 Å². The molecule has 1 N–H and O–H groups in total. The summed E-state index contributed by atoms with van der Waals surface area (Å²) in [7, 11) is 0. The largest absolute Gasteiger partial charge is 0.481 e. The maximum atomic E-state index is 10.9. The minimum absolute atomic E-state index is 0.350. The lowest BCUT2D eigenvalue weighted by Crippen LogP contribution is -2.07. The summed E-state index contributed by atoms with van der Waals surface area (Å²) in [5.41, 5.74) is 2.68. The number of hydrogen-bond acceptors (Lipinski definition) is 2. The molecule has 1 heterocycles. The van der Waals surface area contributed by atoms with Gasteiger partial charge in [0, 0.05) is 6.04 Å². The zero-order chi connectivity index (χ0) is 12.6. The zero-order valence-electron chi connectivity index (χ0n) is 10.2. The zero-order valence-corrected chi connectivity index (χ0v) is 10.2. The number of rotatable bonds is 3. The Morgan fingerprint density at radius 2 is 2.06 bits per heavy atom. The Morgan fingerprint density at radius 1 is 1.35 bits per heavy atom. The highest BCUT2D eigenvalue weighted by Crippen LogP contribution is 2.23. The second-order valence-electron chi connectivity index (χ2n) is 4.55. The summed E-state index contributed by atoms with van der Waals surface area (Å²) in [6.07, 6.45) is 1.80. The number of carboxylic acid groups (broad SMARTS) is 1. The molecule has 0 amide bonds. The average molecular weight is 232 g/mol. The molecule has 0 fully saturated rings. The van der Waals surface area contributed by atoms with Crippen LogP contribution in [0.4, 0.5) is 0 Å². The van der Waals surface area contributed by atoms with Crippen molar-refractivity contribution in [2.24, 2.45) is 0 Å². The molecule has 1 atom stereocenters. The van der Waals surface area contributed by atoms with Gasteiger partial charge in [0.05, 0.1) is 23.3 Å². The van der Waals surface area contributed by atoms with Crippen LogP contribution in [0.5, 0.6) is 0 Å². The molecule has 0 spiro atoms. The molecule has 4 nitrogen and oxygen atoms in total. The van der Waals surface area contributed by atoms with E-state index in [-0.39, 0.29) is 0 Å². The van der Waals surface area contributed by atoms with E-state index in [0.29, 0.717) is 6.04 Å². The van der Waals surface area contributed by atoms with E-state index >= 15 is 0 Å². The Morgan fingerprint density at radius 3 is 2.65 bits per heavy atom. The van der Waals surface area contributed by atoms with Gasteiger partial charge in [0.15, 0.2) is 0 Å². The summed E-state index contributed by atoms with van der Waals surface area (Å²) in [6.45, 7) is 5.87. The van der Waals surface area contributed by atoms with Crippen LogP contribution in [-0.4, -0.2) is 20.6 Å². The fourth-order valence-corrected chi connectivity index (χ4v) is 1.87. The number of aliphatic carboxylic acids is 1. The van der Waals surface area contributed by atoms with Crippen molar-refractivity contribution < 1.29 is 9.90 Å². The Hall–Kier alpha value is -1.84. The van der Waals surface area contributed by atoms with Crippen LogP contribution in [0, 0.1) is 0 Å². The highest BCUT2D eigenvalue weighted by Gasteiger charge is 2.15. The normalized spacial score (nSPS) is 13.2. The molecular formula is C13H16N2O2. The maximum absolute atomic E-state index is 10.9. The predicted molar refractivity (Wildman–Crippen MR) is 66.2 cm³/mol. The van der Waals surface area contributed by atoms with E-state index in [1.165, 1.54) is 0 Å². The predicted octanol–water partition coefficient (Wildman–Crippen LogP) is 2.81. The van der Waals surface area contributed by atoms with E-state index in [1.54, 1.807) is 13.3 Å². The summed E-state index contributed by atoms with van der Waals surface area (Å²) in [5, 5.41) is 8.98. The Balaban J connectivity index is 2.49. The molecule has 0 bridgehead atoms. The lowest BCUT2D eigenvalue weighted by atomic mass is 10.0. The third-order valence-electron chi connectivity index (χ3n) is 3.03. The van der Waals surface area contributed by atoms with Gasteiger partial charge in [-0.15, -0.1) is 0 Å². The van der Waals surface area contributed by atoms with Crippen molar-refractivity contribution in [2.45, 2.75) is 32.7 Å². The summed E-state index contributed by atoms with van der Waals surface area (Å²) in [6, 6.07) is 6.01. The van der Waals surface area contributed by atoms with E-state index in [9.17, 15) is 4.79 Å². The molecule has 4 heteroatoms. The molecule has 2 rings (SSSR count). The number of carbonyl (C=O) groups is 1. The average Bonchev–Trinajstić information content (AvgIpc) is 2.70. The van der Waals surface area contributed by atoms with Gasteiger partial charge in [0.1, 0.15) is 0 Å². The van der Waals surface area contributed by atoms with Gasteiger partial charge in [0.25, 0.3) is 0 Å². The molecule has 0 radical (unpaired) electrons. The fraction of sp³-hybridized carbons (Fsp3) is 0.385. The van der Waals surface area contributed by atoms with Gasteiger partial charge >= 0.3 is 5.97 Å². The van der Waals surface area contributed by atoms with Crippen molar-refractivity contribution in [3.63, 3.8) is 0 Å². The minimum Gasteiger partial charge on any atom is -0.481 e. The van der Waals surface area contributed by atoms with Gasteiger partial charge in [0.2, 0.25) is 0 Å². The van der Waals surface area contributed by atoms with Crippen molar-refractivity contribution in [3.05, 3.63) is 30.1 Å². The van der Waals surface area contributed by atoms with Gasteiger partial charge in [-0.1, -0.05) is 6.07 Å². The number of aromatic nitrogens is 2. The molecule has 0 saturated heterocycles. The smallest absolute Gasteiger partial charge is 0.310 e. The Kier molecular flexibility index (Phi) is 2.88. The molecule has 17 heavy (non-hydrogen) atoms.